The van der Waals surface area contributed by atoms with Gasteiger partial charge in [-0.25, -0.2) is 9.97 Å². The maximum Gasteiger partial charge on any atom is 0.142 e. The highest BCUT2D eigenvalue weighted by Crippen LogP contribution is 2.32. The fourth-order valence-electron chi connectivity index (χ4n) is 2.58. The lowest BCUT2D eigenvalue weighted by Gasteiger charge is -2.10. The normalized spacial score (nSPS) is 10.7. The van der Waals surface area contributed by atoms with Crippen molar-refractivity contribution in [3.8, 4) is 16.5 Å². The number of aryl methyl sites for hydroxylation is 2. The standard InChI is InChI=1S/C18H20N2OS.C2H6/c1-10(2)15-9-22-18(20-15)14-8-11(3)13-6-7-16(21-5)12(4)17(13)19-14;1-2/h6-10H,1-5H3;1-2H3. The Morgan fingerprint density at radius 1 is 1.08 bits per heavy atom. The molecule has 0 bridgehead atoms. The van der Waals surface area contributed by atoms with Crippen LogP contribution in [0, 0.1) is 13.8 Å². The molecule has 0 aliphatic heterocycles. The molecule has 0 aliphatic carbocycles. The third-order valence-electron chi connectivity index (χ3n) is 3.94. The third kappa shape index (κ3) is 3.44. The van der Waals surface area contributed by atoms with Crippen LogP contribution in [-0.2, 0) is 0 Å². The van der Waals surface area contributed by atoms with Gasteiger partial charge in [0.15, 0.2) is 0 Å². The van der Waals surface area contributed by atoms with Gasteiger partial charge in [-0.1, -0.05) is 27.7 Å². The van der Waals surface area contributed by atoms with E-state index < -0.39 is 0 Å². The lowest BCUT2D eigenvalue weighted by Crippen LogP contribution is -1.94. The second-order valence-corrected chi connectivity index (χ2v) is 6.70. The molecule has 0 radical (unpaired) electrons. The first-order chi connectivity index (χ1) is 11.5. The Morgan fingerprint density at radius 3 is 2.38 bits per heavy atom. The van der Waals surface area contributed by atoms with Crippen LogP contribution in [0.15, 0.2) is 23.6 Å². The van der Waals surface area contributed by atoms with Gasteiger partial charge < -0.3 is 4.74 Å². The SMILES string of the molecule is CC.COc1ccc2c(C)cc(-c3nc(C(C)C)cs3)nc2c1C. The van der Waals surface area contributed by atoms with Crippen LogP contribution in [0.3, 0.4) is 0 Å². The Kier molecular flexibility index (Phi) is 5.94. The summed E-state index contributed by atoms with van der Waals surface area (Å²) in [6.07, 6.45) is 0. The van der Waals surface area contributed by atoms with Gasteiger partial charge in [-0.2, -0.15) is 0 Å². The van der Waals surface area contributed by atoms with Crippen molar-refractivity contribution in [2.45, 2.75) is 47.5 Å². The number of methoxy groups -OCH3 is 1. The van der Waals surface area contributed by atoms with Crippen LogP contribution < -0.4 is 4.74 Å². The van der Waals surface area contributed by atoms with Crippen LogP contribution in [0.2, 0.25) is 0 Å². The number of nitrogens with zero attached hydrogens (tertiary/aromatic N) is 2. The van der Waals surface area contributed by atoms with Gasteiger partial charge in [0.1, 0.15) is 10.8 Å². The fraction of sp³-hybridized carbons (Fsp3) is 0.400. The molecule has 0 saturated carbocycles. The molecule has 0 fully saturated rings. The van der Waals surface area contributed by atoms with Crippen LogP contribution in [0.5, 0.6) is 5.75 Å². The highest BCUT2D eigenvalue weighted by molar-refractivity contribution is 7.13. The van der Waals surface area contributed by atoms with Crippen LogP contribution in [0.1, 0.15) is 50.4 Å². The van der Waals surface area contributed by atoms with E-state index in [4.69, 9.17) is 14.7 Å². The Morgan fingerprint density at radius 2 is 1.79 bits per heavy atom. The maximum atomic E-state index is 5.42. The third-order valence-corrected chi connectivity index (χ3v) is 4.83. The van der Waals surface area contributed by atoms with Crippen molar-refractivity contribution in [3.63, 3.8) is 0 Å². The highest BCUT2D eigenvalue weighted by Gasteiger charge is 2.13. The molecule has 2 heterocycles. The number of hydrogen-bond donors (Lipinski definition) is 0. The molecule has 1 aromatic carbocycles. The van der Waals surface area contributed by atoms with E-state index in [1.54, 1.807) is 18.4 Å². The van der Waals surface area contributed by atoms with Crippen LogP contribution in [0.25, 0.3) is 21.6 Å². The zero-order valence-corrected chi connectivity index (χ0v) is 16.4. The molecule has 0 amide bonds. The summed E-state index contributed by atoms with van der Waals surface area (Å²) in [5.74, 6) is 1.31. The number of benzene rings is 1. The summed E-state index contributed by atoms with van der Waals surface area (Å²) in [7, 11) is 1.70. The highest BCUT2D eigenvalue weighted by atomic mass is 32.1. The van der Waals surface area contributed by atoms with Gasteiger partial charge in [-0.05, 0) is 43.5 Å². The largest absolute Gasteiger partial charge is 0.496 e. The molecular weight excluding hydrogens is 316 g/mol. The molecule has 0 unspecified atom stereocenters. The van der Waals surface area contributed by atoms with Gasteiger partial charge in [0.2, 0.25) is 0 Å². The molecule has 3 aromatic rings. The van der Waals surface area contributed by atoms with Crippen molar-refractivity contribution in [2.75, 3.05) is 7.11 Å². The Hall–Kier alpha value is -1.94. The summed E-state index contributed by atoms with van der Waals surface area (Å²) >= 11 is 1.66. The molecule has 0 N–H and O–H groups in total. The molecular formula is C20H26N2OS. The van der Waals surface area contributed by atoms with E-state index in [9.17, 15) is 0 Å². The summed E-state index contributed by atoms with van der Waals surface area (Å²) in [6.45, 7) is 12.5. The molecule has 0 atom stereocenters. The summed E-state index contributed by atoms with van der Waals surface area (Å²) in [5.41, 5.74) is 5.36. The average molecular weight is 343 g/mol. The smallest absolute Gasteiger partial charge is 0.142 e. The topological polar surface area (TPSA) is 35.0 Å². The van der Waals surface area contributed by atoms with E-state index in [2.05, 4.69) is 45.2 Å². The van der Waals surface area contributed by atoms with Gasteiger partial charge in [0.05, 0.1) is 24.0 Å². The van der Waals surface area contributed by atoms with E-state index in [0.29, 0.717) is 5.92 Å². The lowest BCUT2D eigenvalue weighted by atomic mass is 10.0. The predicted octanol–water partition coefficient (Wildman–Crippen LogP) is 6.13. The molecule has 2 aromatic heterocycles. The molecule has 0 saturated heterocycles. The van der Waals surface area contributed by atoms with Crippen molar-refractivity contribution >= 4 is 22.2 Å². The van der Waals surface area contributed by atoms with Crippen LogP contribution >= 0.6 is 11.3 Å². The Bertz CT molecular complexity index is 837. The molecule has 3 rings (SSSR count). The maximum absolute atomic E-state index is 5.42. The Labute approximate surface area is 148 Å². The number of fused-ring (bicyclic) bond motifs is 1. The summed E-state index contributed by atoms with van der Waals surface area (Å²) in [5, 5.41) is 4.28. The van der Waals surface area contributed by atoms with Crippen LogP contribution in [0.4, 0.5) is 0 Å². The quantitative estimate of drug-likeness (QED) is 0.574. The Balaban J connectivity index is 0.00000100. The second kappa shape index (κ2) is 7.75. The first-order valence-corrected chi connectivity index (χ1v) is 9.30. The van der Waals surface area contributed by atoms with Gasteiger partial charge in [-0.15, -0.1) is 11.3 Å². The molecule has 128 valence electrons. The summed E-state index contributed by atoms with van der Waals surface area (Å²) in [6, 6.07) is 6.21. The fourth-order valence-corrected chi connectivity index (χ4v) is 3.52. The van der Waals surface area contributed by atoms with Crippen LogP contribution in [-0.4, -0.2) is 17.1 Å². The van der Waals surface area contributed by atoms with E-state index in [0.717, 1.165) is 33.2 Å². The predicted molar refractivity (Wildman–Crippen MR) is 104 cm³/mol. The van der Waals surface area contributed by atoms with E-state index in [1.807, 2.05) is 19.9 Å². The number of thiazole rings is 1. The number of pyridine rings is 1. The van der Waals surface area contributed by atoms with Crippen molar-refractivity contribution in [3.05, 3.63) is 40.4 Å². The lowest BCUT2D eigenvalue weighted by molar-refractivity contribution is 0.412. The van der Waals surface area contributed by atoms with Crippen molar-refractivity contribution in [2.24, 2.45) is 0 Å². The molecule has 24 heavy (non-hydrogen) atoms. The number of hydrogen-bond acceptors (Lipinski definition) is 4. The second-order valence-electron chi connectivity index (χ2n) is 5.85. The first kappa shape index (κ1) is 18.4. The van der Waals surface area contributed by atoms with Crippen molar-refractivity contribution < 1.29 is 4.74 Å². The molecule has 0 aliphatic rings. The van der Waals surface area contributed by atoms with Gasteiger partial charge in [-0.3, -0.25) is 0 Å². The van der Waals surface area contributed by atoms with Gasteiger partial charge >= 0.3 is 0 Å². The first-order valence-electron chi connectivity index (χ1n) is 8.42. The minimum absolute atomic E-state index is 0.438. The monoisotopic (exact) mass is 342 g/mol. The summed E-state index contributed by atoms with van der Waals surface area (Å²) < 4.78 is 5.42. The average Bonchev–Trinajstić information content (AvgIpc) is 3.08. The minimum atomic E-state index is 0.438. The zero-order chi connectivity index (χ0) is 17.9. The number of rotatable bonds is 3. The minimum Gasteiger partial charge on any atom is -0.496 e. The van der Waals surface area contributed by atoms with Gasteiger partial charge in [0.25, 0.3) is 0 Å². The van der Waals surface area contributed by atoms with E-state index in [-0.39, 0.29) is 0 Å². The zero-order valence-electron chi connectivity index (χ0n) is 15.6. The van der Waals surface area contributed by atoms with Crippen molar-refractivity contribution in [1.29, 1.82) is 0 Å². The number of aromatic nitrogens is 2. The van der Waals surface area contributed by atoms with E-state index >= 15 is 0 Å². The number of ether oxygens (including phenoxy) is 1. The van der Waals surface area contributed by atoms with Gasteiger partial charge in [0, 0.05) is 16.3 Å². The van der Waals surface area contributed by atoms with Crippen molar-refractivity contribution in [1.82, 2.24) is 9.97 Å². The molecule has 4 heteroatoms. The molecule has 0 spiro atoms. The summed E-state index contributed by atoms with van der Waals surface area (Å²) in [4.78, 5) is 9.58. The van der Waals surface area contributed by atoms with E-state index in [1.165, 1.54) is 10.9 Å². The molecule has 3 nitrogen and oxygen atoms in total.